The van der Waals surface area contributed by atoms with Gasteiger partial charge in [0.25, 0.3) is 0 Å². The van der Waals surface area contributed by atoms with Gasteiger partial charge >= 0.3 is 0 Å². The van der Waals surface area contributed by atoms with Gasteiger partial charge in [0.1, 0.15) is 11.6 Å². The predicted octanol–water partition coefficient (Wildman–Crippen LogP) is 4.00. The van der Waals surface area contributed by atoms with Gasteiger partial charge in [0.2, 0.25) is 5.91 Å². The van der Waals surface area contributed by atoms with Crippen LogP contribution in [0.2, 0.25) is 0 Å². The van der Waals surface area contributed by atoms with Gasteiger partial charge in [0, 0.05) is 22.2 Å². The van der Waals surface area contributed by atoms with Crippen LogP contribution >= 0.6 is 11.8 Å². The lowest BCUT2D eigenvalue weighted by atomic mass is 9.99. The highest BCUT2D eigenvalue weighted by molar-refractivity contribution is 8.00. The highest BCUT2D eigenvalue weighted by Crippen LogP contribution is 2.33. The van der Waals surface area contributed by atoms with Crippen LogP contribution in [0.5, 0.6) is 0 Å². The smallest absolute Gasteiger partial charge is 0.231 e. The summed E-state index contributed by atoms with van der Waals surface area (Å²) in [6.07, 6.45) is 0. The molecule has 2 aromatic rings. The normalized spacial score (nSPS) is 16.1. The summed E-state index contributed by atoms with van der Waals surface area (Å²) >= 11 is 1.02. The summed E-state index contributed by atoms with van der Waals surface area (Å²) in [6, 6.07) is 8.30. The number of hydrogen-bond donors (Lipinski definition) is 1. The van der Waals surface area contributed by atoms with Gasteiger partial charge in [-0.1, -0.05) is 0 Å². The summed E-state index contributed by atoms with van der Waals surface area (Å²) in [5, 5.41) is 2.74. The minimum atomic E-state index is -0.680. The molecule has 0 bridgehead atoms. The number of thioether (sulfide) groups is 1. The van der Waals surface area contributed by atoms with E-state index in [0.29, 0.717) is 5.56 Å². The summed E-state index contributed by atoms with van der Waals surface area (Å²) in [4.78, 5) is 24.1. The molecule has 3 rings (SSSR count). The average molecular weight is 333 g/mol. The predicted molar refractivity (Wildman–Crippen MR) is 84.9 cm³/mol. The molecule has 118 valence electrons. The Morgan fingerprint density at radius 1 is 1.22 bits per heavy atom. The molecule has 1 atom stereocenters. The molecule has 0 spiro atoms. The fourth-order valence-corrected chi connectivity index (χ4v) is 3.22. The van der Waals surface area contributed by atoms with Crippen molar-refractivity contribution in [3.63, 3.8) is 0 Å². The summed E-state index contributed by atoms with van der Waals surface area (Å²) in [5.41, 5.74) is 1.98. The van der Waals surface area contributed by atoms with E-state index in [4.69, 9.17) is 0 Å². The molecule has 0 saturated carbocycles. The van der Waals surface area contributed by atoms with Gasteiger partial charge in [0.15, 0.2) is 5.78 Å². The number of hydrogen-bond acceptors (Lipinski definition) is 3. The van der Waals surface area contributed by atoms with Crippen LogP contribution in [0, 0.1) is 11.6 Å². The molecule has 2 aromatic carbocycles. The molecular weight excluding hydrogens is 320 g/mol. The van der Waals surface area contributed by atoms with Crippen LogP contribution in [0.1, 0.15) is 28.8 Å². The lowest BCUT2D eigenvalue weighted by Gasteiger charge is -2.06. The number of nitrogens with one attached hydrogen (secondary N) is 1. The second-order valence-electron chi connectivity index (χ2n) is 5.30. The summed E-state index contributed by atoms with van der Waals surface area (Å²) in [5.74, 6) is -1.85. The second-order valence-corrected chi connectivity index (χ2v) is 6.32. The molecule has 0 unspecified atom stereocenters. The number of carbonyl (C=O) groups is 2. The molecule has 3 nitrogen and oxygen atoms in total. The van der Waals surface area contributed by atoms with Crippen LogP contribution in [-0.2, 0) is 4.79 Å². The van der Waals surface area contributed by atoms with Crippen molar-refractivity contribution < 1.29 is 18.4 Å². The summed E-state index contributed by atoms with van der Waals surface area (Å²) < 4.78 is 26.4. The molecule has 1 amide bonds. The molecule has 23 heavy (non-hydrogen) atoms. The zero-order chi connectivity index (χ0) is 16.6. The van der Waals surface area contributed by atoms with E-state index in [2.05, 4.69) is 5.32 Å². The Balaban J connectivity index is 1.73. The number of Topliss-reactive ketones (excluding diaryl/α,β-unsaturated/α-hetero) is 1. The van der Waals surface area contributed by atoms with E-state index in [-0.39, 0.29) is 28.3 Å². The number of fused-ring (bicyclic) bond motifs is 1. The standard InChI is InChI=1S/C17H13F2NO2S/c1-9-12-6-10(2-4-14(12)20-17(9)22)15(21)8-23-16-5-3-11(18)7-13(16)19/h2-7,9H,8H2,1H3,(H,20,22)/t9-/m0/s1. The van der Waals surface area contributed by atoms with Crippen LogP contribution < -0.4 is 5.32 Å². The maximum absolute atomic E-state index is 13.6. The largest absolute Gasteiger partial charge is 0.325 e. The third-order valence-electron chi connectivity index (χ3n) is 3.74. The first kappa shape index (κ1) is 15.7. The van der Waals surface area contributed by atoms with Crippen molar-refractivity contribution in [3.05, 3.63) is 59.2 Å². The van der Waals surface area contributed by atoms with Gasteiger partial charge in [-0.25, -0.2) is 8.78 Å². The molecule has 6 heteroatoms. The van der Waals surface area contributed by atoms with Crippen molar-refractivity contribution in [2.24, 2.45) is 0 Å². The van der Waals surface area contributed by atoms with Crippen LogP contribution in [0.4, 0.5) is 14.5 Å². The number of halogens is 2. The van der Waals surface area contributed by atoms with Crippen molar-refractivity contribution in [3.8, 4) is 0 Å². The number of rotatable bonds is 4. The maximum atomic E-state index is 13.6. The van der Waals surface area contributed by atoms with E-state index in [0.717, 1.165) is 35.1 Å². The van der Waals surface area contributed by atoms with Crippen LogP contribution in [0.3, 0.4) is 0 Å². The fourth-order valence-electron chi connectivity index (χ4n) is 2.41. The van der Waals surface area contributed by atoms with Gasteiger partial charge in [0.05, 0.1) is 11.7 Å². The van der Waals surface area contributed by atoms with Crippen molar-refractivity contribution in [2.75, 3.05) is 11.1 Å². The van der Waals surface area contributed by atoms with E-state index in [1.807, 2.05) is 0 Å². The lowest BCUT2D eigenvalue weighted by molar-refractivity contribution is -0.116. The Labute approximate surface area is 136 Å². The van der Waals surface area contributed by atoms with E-state index in [1.165, 1.54) is 6.07 Å². The minimum absolute atomic E-state index is 0.0388. The molecule has 0 fully saturated rings. The SMILES string of the molecule is C[C@@H]1C(=O)Nc2ccc(C(=O)CSc3ccc(F)cc3F)cc21. The first-order valence-corrected chi connectivity index (χ1v) is 8.00. The fraction of sp³-hybridized carbons (Fsp3) is 0.176. The van der Waals surface area contributed by atoms with Crippen molar-refractivity contribution in [1.29, 1.82) is 0 Å². The van der Waals surface area contributed by atoms with E-state index in [9.17, 15) is 18.4 Å². The van der Waals surface area contributed by atoms with Crippen molar-refractivity contribution in [1.82, 2.24) is 0 Å². The molecule has 1 N–H and O–H groups in total. The molecule has 0 aliphatic carbocycles. The average Bonchev–Trinajstić information content (AvgIpc) is 2.80. The molecule has 1 aliphatic rings. The van der Waals surface area contributed by atoms with E-state index in [1.54, 1.807) is 25.1 Å². The number of ketones is 1. The summed E-state index contributed by atoms with van der Waals surface area (Å²) in [7, 11) is 0. The van der Waals surface area contributed by atoms with Crippen molar-refractivity contribution in [2.45, 2.75) is 17.7 Å². The molecule has 0 radical (unpaired) electrons. The third kappa shape index (κ3) is 3.12. The Morgan fingerprint density at radius 3 is 2.74 bits per heavy atom. The van der Waals surface area contributed by atoms with Crippen LogP contribution in [-0.4, -0.2) is 17.4 Å². The van der Waals surface area contributed by atoms with Crippen molar-refractivity contribution >= 4 is 29.1 Å². The van der Waals surface area contributed by atoms with Crippen LogP contribution in [0.15, 0.2) is 41.3 Å². The molecule has 1 aliphatic heterocycles. The summed E-state index contributed by atoms with van der Waals surface area (Å²) in [6.45, 7) is 1.78. The Kier molecular flexibility index (Phi) is 4.17. The van der Waals surface area contributed by atoms with Gasteiger partial charge in [-0.2, -0.15) is 0 Å². The minimum Gasteiger partial charge on any atom is -0.325 e. The molecule has 0 saturated heterocycles. The topological polar surface area (TPSA) is 46.2 Å². The second kappa shape index (κ2) is 6.12. The number of anilines is 1. The Hall–Kier alpha value is -2.21. The Morgan fingerprint density at radius 2 is 2.00 bits per heavy atom. The maximum Gasteiger partial charge on any atom is 0.231 e. The zero-order valence-electron chi connectivity index (χ0n) is 12.2. The zero-order valence-corrected chi connectivity index (χ0v) is 13.0. The highest BCUT2D eigenvalue weighted by atomic mass is 32.2. The number of amides is 1. The molecule has 1 heterocycles. The van der Waals surface area contributed by atoms with Gasteiger partial charge < -0.3 is 5.32 Å². The van der Waals surface area contributed by atoms with E-state index < -0.39 is 11.6 Å². The lowest BCUT2D eigenvalue weighted by Crippen LogP contribution is -2.08. The quantitative estimate of drug-likeness (QED) is 0.680. The number of benzene rings is 2. The van der Waals surface area contributed by atoms with Gasteiger partial charge in [-0.15, -0.1) is 11.8 Å². The number of carbonyl (C=O) groups excluding carboxylic acids is 2. The first-order valence-electron chi connectivity index (χ1n) is 7.01. The molecular formula is C17H13F2NO2S. The van der Waals surface area contributed by atoms with Gasteiger partial charge in [-0.3, -0.25) is 9.59 Å². The monoisotopic (exact) mass is 333 g/mol. The molecule has 0 aromatic heterocycles. The van der Waals surface area contributed by atoms with E-state index >= 15 is 0 Å². The first-order chi connectivity index (χ1) is 11.0. The Bertz CT molecular complexity index is 807. The highest BCUT2D eigenvalue weighted by Gasteiger charge is 2.27. The van der Waals surface area contributed by atoms with Gasteiger partial charge in [-0.05, 0) is 42.8 Å². The third-order valence-corrected chi connectivity index (χ3v) is 4.79. The van der Waals surface area contributed by atoms with Crippen LogP contribution in [0.25, 0.3) is 0 Å².